The molecule has 0 saturated carbocycles. The Labute approximate surface area is 176 Å². The number of aromatic hydroxyl groups is 2. The van der Waals surface area contributed by atoms with Crippen LogP contribution in [0.1, 0.15) is 17.0 Å². The normalized spacial score (nSPS) is 11.5. The van der Waals surface area contributed by atoms with E-state index in [1.165, 1.54) is 6.33 Å². The molecule has 31 heavy (non-hydrogen) atoms. The molecule has 5 aromatic rings. The monoisotopic (exact) mass is 413 g/mol. The summed E-state index contributed by atoms with van der Waals surface area (Å²) < 4.78 is 1.65. The van der Waals surface area contributed by atoms with Crippen molar-refractivity contribution < 1.29 is 10.2 Å². The first-order valence-corrected chi connectivity index (χ1v) is 9.62. The first-order valence-electron chi connectivity index (χ1n) is 9.62. The lowest BCUT2D eigenvalue weighted by atomic mass is 10.1. The molecule has 0 spiro atoms. The number of phenolic OH excluding ortho intramolecular Hbond substituents is 1. The average molecular weight is 413 g/mol. The summed E-state index contributed by atoms with van der Waals surface area (Å²) in [5.74, 6) is 0.452. The van der Waals surface area contributed by atoms with Crippen LogP contribution in [-0.2, 0) is 0 Å². The van der Waals surface area contributed by atoms with Gasteiger partial charge in [0.1, 0.15) is 23.4 Å². The van der Waals surface area contributed by atoms with E-state index in [4.69, 9.17) is 5.41 Å². The number of benzene rings is 1. The van der Waals surface area contributed by atoms with E-state index in [1.807, 2.05) is 13.8 Å². The van der Waals surface area contributed by atoms with Gasteiger partial charge < -0.3 is 15.2 Å². The Kier molecular flexibility index (Phi) is 4.01. The van der Waals surface area contributed by atoms with Crippen molar-refractivity contribution in [2.24, 2.45) is 0 Å². The molecule has 154 valence electrons. The molecule has 9 heteroatoms. The molecule has 4 heterocycles. The Balaban J connectivity index is 1.99. The van der Waals surface area contributed by atoms with E-state index in [2.05, 4.69) is 24.9 Å². The van der Waals surface area contributed by atoms with Gasteiger partial charge in [-0.15, -0.1) is 0 Å². The predicted octanol–water partition coefficient (Wildman–Crippen LogP) is 3.17. The van der Waals surface area contributed by atoms with Crippen LogP contribution in [0.3, 0.4) is 0 Å². The highest BCUT2D eigenvalue weighted by atomic mass is 16.3. The highest BCUT2D eigenvalue weighted by molar-refractivity contribution is 6.08. The highest BCUT2D eigenvalue weighted by Gasteiger charge is 2.22. The van der Waals surface area contributed by atoms with E-state index in [-0.39, 0.29) is 22.5 Å². The Morgan fingerprint density at radius 3 is 2.55 bits per heavy atom. The van der Waals surface area contributed by atoms with Gasteiger partial charge in [0.05, 0.1) is 33.4 Å². The summed E-state index contributed by atoms with van der Waals surface area (Å²) in [5.41, 5.74) is 4.29. The molecular formula is C22H19N7O2. The molecule has 5 rings (SSSR count). The SMILES string of the molecule is Cc1nc2c3c(cc(-c4ccncn4)nc(O)c3c(=N)n2-c2c(C)ccc(O)c2C)[nH]1. The summed E-state index contributed by atoms with van der Waals surface area (Å²) in [5, 5.41) is 31.0. The molecule has 0 amide bonds. The third-order valence-corrected chi connectivity index (χ3v) is 5.41. The van der Waals surface area contributed by atoms with Gasteiger partial charge >= 0.3 is 0 Å². The lowest BCUT2D eigenvalue weighted by Gasteiger charge is -2.13. The Hall–Kier alpha value is -4.27. The van der Waals surface area contributed by atoms with Crippen molar-refractivity contribution in [3.05, 3.63) is 59.2 Å². The minimum Gasteiger partial charge on any atom is -0.508 e. The van der Waals surface area contributed by atoms with Crippen LogP contribution in [0.4, 0.5) is 0 Å². The molecule has 9 nitrogen and oxygen atoms in total. The van der Waals surface area contributed by atoms with Gasteiger partial charge in [0, 0.05) is 11.8 Å². The largest absolute Gasteiger partial charge is 0.508 e. The van der Waals surface area contributed by atoms with E-state index in [9.17, 15) is 10.2 Å². The average Bonchev–Trinajstić information content (AvgIpc) is 2.93. The number of hydrogen-bond donors (Lipinski definition) is 4. The molecule has 0 aliphatic carbocycles. The summed E-state index contributed by atoms with van der Waals surface area (Å²) in [6.45, 7) is 5.52. The molecule has 0 fully saturated rings. The van der Waals surface area contributed by atoms with Crippen molar-refractivity contribution in [3.8, 4) is 28.7 Å². The second-order valence-corrected chi connectivity index (χ2v) is 7.43. The maximum absolute atomic E-state index is 10.9. The Morgan fingerprint density at radius 1 is 1.00 bits per heavy atom. The van der Waals surface area contributed by atoms with Gasteiger partial charge in [0.2, 0.25) is 5.88 Å². The molecule has 0 radical (unpaired) electrons. The van der Waals surface area contributed by atoms with Crippen LogP contribution in [-0.4, -0.2) is 39.7 Å². The predicted molar refractivity (Wildman–Crippen MR) is 115 cm³/mol. The van der Waals surface area contributed by atoms with Gasteiger partial charge in [0.15, 0.2) is 5.65 Å². The van der Waals surface area contributed by atoms with Gasteiger partial charge in [-0.1, -0.05) is 6.07 Å². The molecule has 0 aliphatic heterocycles. The van der Waals surface area contributed by atoms with Crippen LogP contribution in [0, 0.1) is 26.2 Å². The fourth-order valence-corrected chi connectivity index (χ4v) is 3.99. The first kappa shape index (κ1) is 18.7. The summed E-state index contributed by atoms with van der Waals surface area (Å²) in [7, 11) is 0. The number of nitrogens with one attached hydrogen (secondary N) is 2. The number of nitrogens with zero attached hydrogens (tertiary/aromatic N) is 5. The summed E-state index contributed by atoms with van der Waals surface area (Å²) in [6.07, 6.45) is 3.01. The summed E-state index contributed by atoms with van der Waals surface area (Å²) in [4.78, 5) is 20.4. The zero-order chi connectivity index (χ0) is 21.9. The molecule has 0 unspecified atom stereocenters. The number of hydrogen-bond acceptors (Lipinski definition) is 7. The number of H-pyrrole nitrogens is 1. The zero-order valence-electron chi connectivity index (χ0n) is 17.1. The molecule has 0 saturated heterocycles. The molecule has 4 N–H and O–H groups in total. The molecule has 0 atom stereocenters. The number of rotatable bonds is 2. The lowest BCUT2D eigenvalue weighted by Crippen LogP contribution is -2.16. The maximum atomic E-state index is 10.9. The van der Waals surface area contributed by atoms with Crippen LogP contribution < -0.4 is 5.49 Å². The fourth-order valence-electron chi connectivity index (χ4n) is 3.99. The summed E-state index contributed by atoms with van der Waals surface area (Å²) in [6, 6.07) is 6.89. The van der Waals surface area contributed by atoms with Gasteiger partial charge in [-0.05, 0) is 44.5 Å². The van der Waals surface area contributed by atoms with Crippen molar-refractivity contribution in [2.45, 2.75) is 20.8 Å². The van der Waals surface area contributed by atoms with Crippen LogP contribution in [0.2, 0.25) is 0 Å². The van der Waals surface area contributed by atoms with Crippen LogP contribution >= 0.6 is 0 Å². The standard InChI is InChI=1S/C22H19N7O2/c1-10-4-5-16(30)11(2)19(10)29-20(23)18-17-15(26-12(3)27-21(17)29)8-14(28-22(18)31)13-6-7-24-9-25-13/h4-9,23,30-31H,1-3H3,(H,26,27). The van der Waals surface area contributed by atoms with E-state index in [1.54, 1.807) is 42.0 Å². The van der Waals surface area contributed by atoms with Crippen molar-refractivity contribution >= 4 is 21.9 Å². The molecule has 0 aliphatic rings. The van der Waals surface area contributed by atoms with Crippen molar-refractivity contribution in [1.82, 2.24) is 29.5 Å². The van der Waals surface area contributed by atoms with Crippen LogP contribution in [0.25, 0.3) is 39.0 Å². The molecule has 1 aromatic carbocycles. The van der Waals surface area contributed by atoms with Gasteiger partial charge in [-0.25, -0.2) is 19.9 Å². The molecule has 4 aromatic heterocycles. The van der Waals surface area contributed by atoms with Gasteiger partial charge in [-0.2, -0.15) is 0 Å². The number of aromatic nitrogens is 6. The van der Waals surface area contributed by atoms with Gasteiger partial charge in [-0.3, -0.25) is 9.98 Å². The number of aryl methyl sites for hydroxylation is 2. The smallest absolute Gasteiger partial charge is 0.223 e. The lowest BCUT2D eigenvalue weighted by molar-refractivity contribution is 0.461. The van der Waals surface area contributed by atoms with Crippen LogP contribution in [0.15, 0.2) is 36.8 Å². The van der Waals surface area contributed by atoms with E-state index < -0.39 is 0 Å². The number of aromatic amines is 1. The van der Waals surface area contributed by atoms with Crippen molar-refractivity contribution in [1.29, 1.82) is 5.41 Å². The minimum absolute atomic E-state index is 0.0261. The Bertz CT molecular complexity index is 1550. The van der Waals surface area contributed by atoms with E-state index >= 15 is 0 Å². The van der Waals surface area contributed by atoms with Crippen molar-refractivity contribution in [3.63, 3.8) is 0 Å². The van der Waals surface area contributed by atoms with Crippen molar-refractivity contribution in [2.75, 3.05) is 0 Å². The summed E-state index contributed by atoms with van der Waals surface area (Å²) >= 11 is 0. The van der Waals surface area contributed by atoms with E-state index in [0.717, 1.165) is 5.56 Å². The fraction of sp³-hybridized carbons (Fsp3) is 0.136. The highest BCUT2D eigenvalue weighted by Crippen LogP contribution is 2.34. The second-order valence-electron chi connectivity index (χ2n) is 7.43. The number of phenols is 1. The first-order chi connectivity index (χ1) is 14.9. The quantitative estimate of drug-likeness (QED) is 0.351. The second kappa shape index (κ2) is 6.63. The maximum Gasteiger partial charge on any atom is 0.223 e. The molecule has 0 bridgehead atoms. The van der Waals surface area contributed by atoms with Crippen LogP contribution in [0.5, 0.6) is 11.6 Å². The topological polar surface area (TPSA) is 137 Å². The third kappa shape index (κ3) is 2.74. The zero-order valence-corrected chi connectivity index (χ0v) is 17.1. The van der Waals surface area contributed by atoms with E-state index in [0.29, 0.717) is 45.0 Å². The Morgan fingerprint density at radius 2 is 1.81 bits per heavy atom. The van der Waals surface area contributed by atoms with Gasteiger partial charge in [0.25, 0.3) is 0 Å². The minimum atomic E-state index is -0.299. The molecular weight excluding hydrogens is 394 g/mol. The third-order valence-electron chi connectivity index (χ3n) is 5.41.